The highest BCUT2D eigenvalue weighted by Crippen LogP contribution is 2.28. The maximum Gasteiger partial charge on any atom is 0.225 e. The Morgan fingerprint density at radius 2 is 1.41 bits per heavy atom. The van der Waals surface area contributed by atoms with Crippen LogP contribution in [0.15, 0.2) is 4.99 Å². The molecule has 1 unspecified atom stereocenters. The lowest BCUT2D eigenvalue weighted by atomic mass is 10.1. The van der Waals surface area contributed by atoms with Crippen LogP contribution >= 0.6 is 0 Å². The first-order chi connectivity index (χ1) is 15.6. The summed E-state index contributed by atoms with van der Waals surface area (Å²) in [7, 11) is 1.80. The smallest absolute Gasteiger partial charge is 0.225 e. The highest BCUT2D eigenvalue weighted by atomic mass is 16.2. The molecule has 1 atom stereocenters. The third-order valence-corrected chi connectivity index (χ3v) is 7.88. The fourth-order valence-electron chi connectivity index (χ4n) is 5.85. The monoisotopic (exact) mass is 446 g/mol. The molecule has 8 heteroatoms. The first kappa shape index (κ1) is 23.3. The van der Waals surface area contributed by atoms with Crippen molar-refractivity contribution in [2.45, 2.75) is 63.8 Å². The second kappa shape index (κ2) is 11.3. The summed E-state index contributed by atoms with van der Waals surface area (Å²) in [6.45, 7) is 7.03. The minimum atomic E-state index is 0.264. The van der Waals surface area contributed by atoms with Crippen molar-refractivity contribution in [1.82, 2.24) is 25.3 Å². The molecule has 4 aliphatic rings. The van der Waals surface area contributed by atoms with Crippen LogP contribution < -0.4 is 10.6 Å². The predicted molar refractivity (Wildman–Crippen MR) is 126 cm³/mol. The molecule has 8 nitrogen and oxygen atoms in total. The molecule has 0 aromatic rings. The minimum absolute atomic E-state index is 0.264. The first-order valence-electron chi connectivity index (χ1n) is 12.9. The van der Waals surface area contributed by atoms with Crippen LogP contribution in [-0.2, 0) is 9.59 Å². The van der Waals surface area contributed by atoms with Crippen molar-refractivity contribution < 1.29 is 9.59 Å². The molecule has 0 bridgehead atoms. The van der Waals surface area contributed by atoms with Gasteiger partial charge in [-0.2, -0.15) is 0 Å². The zero-order valence-electron chi connectivity index (χ0n) is 19.9. The lowest BCUT2D eigenvalue weighted by molar-refractivity contribution is -0.137. The number of nitrogens with zero attached hydrogens (tertiary/aromatic N) is 4. The van der Waals surface area contributed by atoms with Gasteiger partial charge >= 0.3 is 0 Å². The summed E-state index contributed by atoms with van der Waals surface area (Å²) in [5.41, 5.74) is 0. The molecule has 0 aromatic carbocycles. The average molecular weight is 447 g/mol. The number of hydrogen-bond donors (Lipinski definition) is 2. The van der Waals surface area contributed by atoms with E-state index in [0.29, 0.717) is 11.8 Å². The van der Waals surface area contributed by atoms with Crippen molar-refractivity contribution >= 4 is 17.8 Å². The van der Waals surface area contributed by atoms with Crippen LogP contribution in [-0.4, -0.2) is 97.9 Å². The van der Waals surface area contributed by atoms with Crippen LogP contribution in [0.2, 0.25) is 0 Å². The summed E-state index contributed by atoms with van der Waals surface area (Å²) in [4.78, 5) is 36.2. The number of carbonyl (C=O) groups is 2. The quantitative estimate of drug-likeness (QED) is 0.475. The molecular weight excluding hydrogens is 404 g/mol. The van der Waals surface area contributed by atoms with E-state index in [1.165, 1.54) is 25.7 Å². The molecule has 180 valence electrons. The van der Waals surface area contributed by atoms with E-state index in [0.717, 1.165) is 90.4 Å². The predicted octanol–water partition coefficient (Wildman–Crippen LogP) is 1.28. The van der Waals surface area contributed by atoms with E-state index in [9.17, 15) is 9.59 Å². The Kier molecular flexibility index (Phi) is 8.27. The van der Waals surface area contributed by atoms with Crippen LogP contribution in [0.1, 0.15) is 57.8 Å². The molecule has 0 radical (unpaired) electrons. The van der Waals surface area contributed by atoms with Crippen molar-refractivity contribution in [3.05, 3.63) is 0 Å². The molecule has 2 amide bonds. The minimum Gasteiger partial charge on any atom is -0.355 e. The topological polar surface area (TPSA) is 80.3 Å². The second-order valence-corrected chi connectivity index (χ2v) is 10.0. The van der Waals surface area contributed by atoms with Crippen molar-refractivity contribution in [2.24, 2.45) is 16.8 Å². The van der Waals surface area contributed by atoms with Gasteiger partial charge in [0.1, 0.15) is 0 Å². The molecule has 4 rings (SSSR count). The molecule has 2 heterocycles. The molecular formula is C24H42N6O2. The van der Waals surface area contributed by atoms with Gasteiger partial charge in [-0.1, -0.05) is 25.7 Å². The highest BCUT2D eigenvalue weighted by molar-refractivity contribution is 5.81. The van der Waals surface area contributed by atoms with Gasteiger partial charge in [-0.15, -0.1) is 0 Å². The number of aliphatic imine (C=N–C) groups is 1. The van der Waals surface area contributed by atoms with Gasteiger partial charge in [0.15, 0.2) is 5.96 Å². The third kappa shape index (κ3) is 5.94. The maximum absolute atomic E-state index is 12.7. The molecule has 2 saturated heterocycles. The maximum atomic E-state index is 12.7. The molecule has 2 saturated carbocycles. The number of amides is 2. The molecule has 2 aliphatic heterocycles. The highest BCUT2D eigenvalue weighted by Gasteiger charge is 2.33. The van der Waals surface area contributed by atoms with Crippen molar-refractivity contribution in [2.75, 3.05) is 59.4 Å². The van der Waals surface area contributed by atoms with Crippen molar-refractivity contribution in [3.63, 3.8) is 0 Å². The Labute approximate surface area is 193 Å². The summed E-state index contributed by atoms with van der Waals surface area (Å²) in [6.07, 6.45) is 10.1. The Balaban J connectivity index is 1.11. The van der Waals surface area contributed by atoms with Gasteiger partial charge < -0.3 is 20.4 Å². The Bertz CT molecular complexity index is 663. The normalized spacial score (nSPS) is 26.2. The Morgan fingerprint density at radius 1 is 0.812 bits per heavy atom. The van der Waals surface area contributed by atoms with E-state index in [1.807, 2.05) is 4.90 Å². The number of guanidine groups is 1. The summed E-state index contributed by atoms with van der Waals surface area (Å²) in [5, 5.41) is 6.94. The Hall–Kier alpha value is -1.83. The molecule has 32 heavy (non-hydrogen) atoms. The molecule has 4 fully saturated rings. The van der Waals surface area contributed by atoms with E-state index < -0.39 is 0 Å². The summed E-state index contributed by atoms with van der Waals surface area (Å²) in [6, 6.07) is 0.275. The van der Waals surface area contributed by atoms with E-state index in [4.69, 9.17) is 0 Å². The van der Waals surface area contributed by atoms with Gasteiger partial charge in [-0.05, 0) is 32.1 Å². The average Bonchev–Trinajstić information content (AvgIpc) is 3.60. The molecule has 0 aromatic heterocycles. The Morgan fingerprint density at radius 3 is 2.00 bits per heavy atom. The SMILES string of the molecule is CN=C(NCCN1CCN(C(=O)C2CCCC2)CC1)NC1CCN(C(=O)C2CCCC2)C1. The van der Waals surface area contributed by atoms with Crippen LogP contribution in [0.5, 0.6) is 0 Å². The fraction of sp³-hybridized carbons (Fsp3) is 0.875. The van der Waals surface area contributed by atoms with Gasteiger partial charge in [0.2, 0.25) is 11.8 Å². The summed E-state index contributed by atoms with van der Waals surface area (Å²) in [5.74, 6) is 2.13. The van der Waals surface area contributed by atoms with Crippen LogP contribution in [0, 0.1) is 11.8 Å². The molecule has 2 aliphatic carbocycles. The van der Waals surface area contributed by atoms with E-state index in [1.54, 1.807) is 7.05 Å². The van der Waals surface area contributed by atoms with Gasteiger partial charge in [0, 0.05) is 77.3 Å². The second-order valence-electron chi connectivity index (χ2n) is 10.0. The number of rotatable bonds is 6. The lowest BCUT2D eigenvalue weighted by Crippen LogP contribution is -2.52. The number of likely N-dealkylation sites (tertiary alicyclic amines) is 1. The first-order valence-corrected chi connectivity index (χ1v) is 12.9. The van der Waals surface area contributed by atoms with E-state index >= 15 is 0 Å². The van der Waals surface area contributed by atoms with Gasteiger partial charge in [0.25, 0.3) is 0 Å². The zero-order valence-corrected chi connectivity index (χ0v) is 19.9. The van der Waals surface area contributed by atoms with E-state index in [2.05, 4.69) is 25.4 Å². The number of piperazine rings is 1. The van der Waals surface area contributed by atoms with Crippen LogP contribution in [0.3, 0.4) is 0 Å². The fourth-order valence-corrected chi connectivity index (χ4v) is 5.85. The van der Waals surface area contributed by atoms with Gasteiger partial charge in [-0.25, -0.2) is 0 Å². The third-order valence-electron chi connectivity index (χ3n) is 7.88. The number of nitrogens with one attached hydrogen (secondary N) is 2. The van der Waals surface area contributed by atoms with Crippen molar-refractivity contribution in [3.8, 4) is 0 Å². The number of carbonyl (C=O) groups excluding carboxylic acids is 2. The standard InChI is InChI=1S/C24H42N6O2/c1-25-24(27-21-10-12-30(18-21)23(32)20-8-4-5-9-20)26-11-13-28-14-16-29(17-15-28)22(31)19-6-2-3-7-19/h19-21H,2-18H2,1H3,(H2,25,26,27). The molecule has 2 N–H and O–H groups in total. The van der Waals surface area contributed by atoms with E-state index in [-0.39, 0.29) is 17.9 Å². The lowest BCUT2D eigenvalue weighted by Gasteiger charge is -2.36. The summed E-state index contributed by atoms with van der Waals surface area (Å²) < 4.78 is 0. The summed E-state index contributed by atoms with van der Waals surface area (Å²) >= 11 is 0. The van der Waals surface area contributed by atoms with Crippen LogP contribution in [0.4, 0.5) is 0 Å². The zero-order chi connectivity index (χ0) is 22.3. The van der Waals surface area contributed by atoms with Crippen molar-refractivity contribution in [1.29, 1.82) is 0 Å². The largest absolute Gasteiger partial charge is 0.355 e. The van der Waals surface area contributed by atoms with Gasteiger partial charge in [0.05, 0.1) is 0 Å². The number of hydrogen-bond acceptors (Lipinski definition) is 4. The van der Waals surface area contributed by atoms with Crippen LogP contribution in [0.25, 0.3) is 0 Å². The van der Waals surface area contributed by atoms with Gasteiger partial charge in [-0.3, -0.25) is 19.5 Å². The molecule has 0 spiro atoms.